The Morgan fingerprint density at radius 3 is 2.34 bits per heavy atom. The first-order chi connectivity index (χ1) is 15.2. The molecule has 3 aromatic rings. The molecule has 0 heterocycles. The zero-order valence-corrected chi connectivity index (χ0v) is 19.9. The van der Waals surface area contributed by atoms with E-state index in [-0.39, 0.29) is 19.1 Å². The minimum Gasteiger partial charge on any atom is -0.484 e. The lowest BCUT2D eigenvalue weighted by atomic mass is 10.1. The molecule has 0 bridgehead atoms. The Balaban J connectivity index is 1.63. The van der Waals surface area contributed by atoms with Gasteiger partial charge in [-0.25, -0.2) is 8.42 Å². The fourth-order valence-corrected chi connectivity index (χ4v) is 4.36. The molecule has 32 heavy (non-hydrogen) atoms. The molecule has 0 aliphatic carbocycles. The number of aryl methyl sites for hydroxylation is 1. The molecule has 0 saturated carbocycles. The Hall–Kier alpha value is -2.97. The smallest absolute Gasteiger partial charge is 0.262 e. The molecule has 3 aromatic carbocycles. The molecule has 0 spiro atoms. The van der Waals surface area contributed by atoms with E-state index in [1.807, 2.05) is 61.7 Å². The van der Waals surface area contributed by atoms with Crippen LogP contribution >= 0.6 is 11.8 Å². The average molecular weight is 471 g/mol. The molecule has 1 N–H and O–H groups in total. The van der Waals surface area contributed by atoms with Crippen molar-refractivity contribution in [3.8, 4) is 5.75 Å². The lowest BCUT2D eigenvalue weighted by Gasteiger charge is -2.23. The number of benzene rings is 3. The number of amides is 1. The van der Waals surface area contributed by atoms with Crippen LogP contribution in [-0.2, 0) is 21.4 Å². The van der Waals surface area contributed by atoms with Crippen LogP contribution in [0, 0.1) is 6.92 Å². The summed E-state index contributed by atoms with van der Waals surface area (Å²) >= 11 is 1.60. The summed E-state index contributed by atoms with van der Waals surface area (Å²) in [6, 6.07) is 22.0. The van der Waals surface area contributed by atoms with Crippen molar-refractivity contribution in [3.05, 3.63) is 83.9 Å². The standard InChI is InChI=1S/C24H26N2O4S2/c1-18-7-9-19(10-8-18)16-26(32(3,28)29)21-11-13-22(14-12-21)30-17-24(27)25-20-5-4-6-23(15-20)31-2/h4-15H,16-17H2,1-3H3,(H,25,27). The third-order valence-electron chi connectivity index (χ3n) is 4.70. The number of thioether (sulfide) groups is 1. The number of carbonyl (C=O) groups is 1. The van der Waals surface area contributed by atoms with Gasteiger partial charge < -0.3 is 10.1 Å². The molecule has 6 nitrogen and oxygen atoms in total. The maximum Gasteiger partial charge on any atom is 0.262 e. The number of sulfonamides is 1. The van der Waals surface area contributed by atoms with Gasteiger partial charge in [-0.1, -0.05) is 35.9 Å². The van der Waals surface area contributed by atoms with Crippen LogP contribution in [0.3, 0.4) is 0 Å². The van der Waals surface area contributed by atoms with E-state index in [9.17, 15) is 13.2 Å². The molecule has 0 fully saturated rings. The number of ether oxygens (including phenoxy) is 1. The molecule has 0 aliphatic heterocycles. The lowest BCUT2D eigenvalue weighted by Crippen LogP contribution is -2.29. The van der Waals surface area contributed by atoms with Gasteiger partial charge in [0.15, 0.2) is 6.61 Å². The minimum atomic E-state index is -3.48. The fraction of sp³-hybridized carbons (Fsp3) is 0.208. The molecule has 8 heteroatoms. The molecule has 3 rings (SSSR count). The summed E-state index contributed by atoms with van der Waals surface area (Å²) in [5.41, 5.74) is 3.24. The highest BCUT2D eigenvalue weighted by atomic mass is 32.2. The summed E-state index contributed by atoms with van der Waals surface area (Å²) < 4.78 is 31.6. The monoisotopic (exact) mass is 470 g/mol. The van der Waals surface area contributed by atoms with Crippen molar-refractivity contribution in [2.45, 2.75) is 18.4 Å². The molecule has 0 atom stereocenters. The summed E-state index contributed by atoms with van der Waals surface area (Å²) in [7, 11) is -3.48. The van der Waals surface area contributed by atoms with Gasteiger partial charge in [-0.05, 0) is 61.2 Å². The number of anilines is 2. The molecule has 1 amide bonds. The van der Waals surface area contributed by atoms with Crippen molar-refractivity contribution in [1.29, 1.82) is 0 Å². The first-order valence-corrected chi connectivity index (χ1v) is 13.0. The van der Waals surface area contributed by atoms with Gasteiger partial charge >= 0.3 is 0 Å². The van der Waals surface area contributed by atoms with Crippen LogP contribution in [0.2, 0.25) is 0 Å². The number of nitrogens with one attached hydrogen (secondary N) is 1. The van der Waals surface area contributed by atoms with Crippen molar-refractivity contribution in [1.82, 2.24) is 0 Å². The molecule has 0 aromatic heterocycles. The number of carbonyl (C=O) groups excluding carboxylic acids is 1. The third-order valence-corrected chi connectivity index (χ3v) is 6.56. The van der Waals surface area contributed by atoms with E-state index in [0.717, 1.165) is 16.0 Å². The molecular formula is C24H26N2O4S2. The van der Waals surface area contributed by atoms with Crippen molar-refractivity contribution in [2.24, 2.45) is 0 Å². The van der Waals surface area contributed by atoms with Gasteiger partial charge in [0.05, 0.1) is 18.5 Å². The average Bonchev–Trinajstić information content (AvgIpc) is 2.77. The normalized spacial score (nSPS) is 11.1. The Bertz CT molecular complexity index is 1160. The number of hydrogen-bond donors (Lipinski definition) is 1. The number of nitrogens with zero attached hydrogens (tertiary/aromatic N) is 1. The van der Waals surface area contributed by atoms with Crippen molar-refractivity contribution in [2.75, 3.05) is 28.7 Å². The van der Waals surface area contributed by atoms with Gasteiger partial charge in [-0.3, -0.25) is 9.10 Å². The van der Waals surface area contributed by atoms with Gasteiger partial charge in [0.1, 0.15) is 5.75 Å². The SMILES string of the molecule is CSc1cccc(NC(=O)COc2ccc(N(Cc3ccc(C)cc3)S(C)(=O)=O)cc2)c1. The molecule has 0 saturated heterocycles. The van der Waals surface area contributed by atoms with Gasteiger partial charge in [0, 0.05) is 10.6 Å². The zero-order valence-electron chi connectivity index (χ0n) is 18.2. The predicted octanol–water partition coefficient (Wildman–Crippen LogP) is 4.70. The summed E-state index contributed by atoms with van der Waals surface area (Å²) in [5.74, 6) is 0.204. The number of hydrogen-bond acceptors (Lipinski definition) is 5. The van der Waals surface area contributed by atoms with Gasteiger partial charge in [-0.15, -0.1) is 11.8 Å². The van der Waals surface area contributed by atoms with Crippen molar-refractivity contribution in [3.63, 3.8) is 0 Å². The van der Waals surface area contributed by atoms with E-state index in [0.29, 0.717) is 17.1 Å². The van der Waals surface area contributed by atoms with Crippen LogP contribution in [0.15, 0.2) is 77.7 Å². The molecular weight excluding hydrogens is 444 g/mol. The van der Waals surface area contributed by atoms with Crippen LogP contribution in [0.1, 0.15) is 11.1 Å². The highest BCUT2D eigenvalue weighted by Gasteiger charge is 2.18. The van der Waals surface area contributed by atoms with E-state index in [1.54, 1.807) is 36.0 Å². The molecule has 0 aliphatic rings. The highest BCUT2D eigenvalue weighted by Crippen LogP contribution is 2.24. The maximum atomic E-state index is 12.4. The lowest BCUT2D eigenvalue weighted by molar-refractivity contribution is -0.118. The van der Waals surface area contributed by atoms with E-state index in [4.69, 9.17) is 4.74 Å². The van der Waals surface area contributed by atoms with Gasteiger partial charge in [-0.2, -0.15) is 0 Å². The topological polar surface area (TPSA) is 75.7 Å². The number of rotatable bonds is 9. The highest BCUT2D eigenvalue weighted by molar-refractivity contribution is 7.98. The Kier molecular flexibility index (Phi) is 7.82. The third kappa shape index (κ3) is 6.77. The Morgan fingerprint density at radius 2 is 1.72 bits per heavy atom. The van der Waals surface area contributed by atoms with Crippen LogP contribution in [0.4, 0.5) is 11.4 Å². The predicted molar refractivity (Wildman–Crippen MR) is 131 cm³/mol. The van der Waals surface area contributed by atoms with E-state index < -0.39 is 10.0 Å². The second kappa shape index (κ2) is 10.6. The minimum absolute atomic E-state index is 0.151. The Labute approximate surface area is 193 Å². The van der Waals surface area contributed by atoms with Gasteiger partial charge in [0.25, 0.3) is 5.91 Å². The van der Waals surface area contributed by atoms with E-state index in [1.165, 1.54) is 10.6 Å². The zero-order chi connectivity index (χ0) is 23.1. The molecule has 0 unspecified atom stereocenters. The van der Waals surface area contributed by atoms with Crippen molar-refractivity contribution >= 4 is 39.1 Å². The van der Waals surface area contributed by atoms with Crippen LogP contribution in [0.25, 0.3) is 0 Å². The summed E-state index contributed by atoms with van der Waals surface area (Å²) in [6.07, 6.45) is 3.15. The summed E-state index contributed by atoms with van der Waals surface area (Å²) in [4.78, 5) is 13.2. The van der Waals surface area contributed by atoms with Crippen LogP contribution in [-0.4, -0.2) is 33.4 Å². The van der Waals surface area contributed by atoms with Crippen LogP contribution in [0.5, 0.6) is 5.75 Å². The van der Waals surface area contributed by atoms with E-state index >= 15 is 0 Å². The quantitative estimate of drug-likeness (QED) is 0.459. The second-order valence-corrected chi connectivity index (χ2v) is 10.1. The second-order valence-electron chi connectivity index (χ2n) is 7.32. The first kappa shape index (κ1) is 23.7. The largest absolute Gasteiger partial charge is 0.484 e. The Morgan fingerprint density at radius 1 is 1.03 bits per heavy atom. The van der Waals surface area contributed by atoms with Gasteiger partial charge in [0.2, 0.25) is 10.0 Å². The van der Waals surface area contributed by atoms with Crippen molar-refractivity contribution < 1.29 is 17.9 Å². The van der Waals surface area contributed by atoms with E-state index in [2.05, 4.69) is 5.32 Å². The summed E-state index contributed by atoms with van der Waals surface area (Å²) in [5, 5.41) is 2.80. The first-order valence-electron chi connectivity index (χ1n) is 9.94. The van der Waals surface area contributed by atoms with Crippen LogP contribution < -0.4 is 14.4 Å². The fourth-order valence-electron chi connectivity index (χ4n) is 3.01. The maximum absolute atomic E-state index is 12.4. The summed E-state index contributed by atoms with van der Waals surface area (Å²) in [6.45, 7) is 2.07. The molecule has 0 radical (unpaired) electrons. The molecule has 168 valence electrons.